The molecule has 1 amide bonds. The first-order valence-corrected chi connectivity index (χ1v) is 9.18. The first kappa shape index (κ1) is 20.1. The zero-order valence-corrected chi connectivity index (χ0v) is 16.6. The van der Waals surface area contributed by atoms with Gasteiger partial charge in [-0.25, -0.2) is 0 Å². The predicted octanol–water partition coefficient (Wildman–Crippen LogP) is 2.82. The molecular formula is C21H23N5O3. The lowest BCUT2D eigenvalue weighted by atomic mass is 10.0. The van der Waals surface area contributed by atoms with Gasteiger partial charge in [0, 0.05) is 44.4 Å². The molecule has 29 heavy (non-hydrogen) atoms. The van der Waals surface area contributed by atoms with E-state index in [1.54, 1.807) is 24.2 Å². The maximum absolute atomic E-state index is 11.4. The number of nitrogens with one attached hydrogen (secondary N) is 2. The summed E-state index contributed by atoms with van der Waals surface area (Å²) in [6.45, 7) is 4.51. The van der Waals surface area contributed by atoms with Gasteiger partial charge in [-0.2, -0.15) is 4.98 Å². The number of anilines is 1. The number of ether oxygens (including phenoxy) is 1. The summed E-state index contributed by atoms with van der Waals surface area (Å²) in [5, 5.41) is 3.12. The van der Waals surface area contributed by atoms with Crippen LogP contribution in [0.3, 0.4) is 0 Å². The fraction of sp³-hybridized carbons (Fsp3) is 0.238. The zero-order chi connectivity index (χ0) is 20.8. The molecule has 3 aromatic rings. The van der Waals surface area contributed by atoms with Crippen molar-refractivity contribution in [3.63, 3.8) is 0 Å². The van der Waals surface area contributed by atoms with Gasteiger partial charge in [-0.3, -0.25) is 14.6 Å². The number of H-pyrrole nitrogens is 1. The molecule has 2 N–H and O–H groups in total. The molecule has 3 rings (SSSR count). The molecule has 2 aromatic heterocycles. The number of aryl methyl sites for hydroxylation is 1. The number of aromatic nitrogens is 3. The van der Waals surface area contributed by atoms with Crippen molar-refractivity contribution in [2.24, 2.45) is 0 Å². The van der Waals surface area contributed by atoms with E-state index in [-0.39, 0.29) is 11.5 Å². The van der Waals surface area contributed by atoms with Crippen molar-refractivity contribution in [1.29, 1.82) is 0 Å². The molecule has 0 bridgehead atoms. The van der Waals surface area contributed by atoms with Crippen molar-refractivity contribution >= 4 is 11.7 Å². The van der Waals surface area contributed by atoms with E-state index in [9.17, 15) is 9.59 Å². The van der Waals surface area contributed by atoms with Crippen molar-refractivity contribution in [2.45, 2.75) is 13.8 Å². The highest BCUT2D eigenvalue weighted by atomic mass is 16.5. The molecule has 150 valence electrons. The summed E-state index contributed by atoms with van der Waals surface area (Å²) < 4.78 is 5.79. The van der Waals surface area contributed by atoms with Gasteiger partial charge in [-0.15, -0.1) is 0 Å². The van der Waals surface area contributed by atoms with E-state index < -0.39 is 0 Å². The summed E-state index contributed by atoms with van der Waals surface area (Å²) >= 11 is 0. The maximum atomic E-state index is 11.4. The zero-order valence-electron chi connectivity index (χ0n) is 16.6. The van der Waals surface area contributed by atoms with Gasteiger partial charge in [-0.1, -0.05) is 12.1 Å². The third kappa shape index (κ3) is 5.41. The Bertz CT molecular complexity index is 1050. The number of carbonyl (C=O) groups excluding carboxylic acids is 1. The van der Waals surface area contributed by atoms with Gasteiger partial charge in [0.2, 0.25) is 17.3 Å². The Hall–Kier alpha value is -3.68. The number of amides is 1. The summed E-state index contributed by atoms with van der Waals surface area (Å²) in [5.74, 6) is 1.57. The first-order chi connectivity index (χ1) is 13.9. The monoisotopic (exact) mass is 393 g/mol. The number of carbonyl (C=O) groups is 1. The lowest BCUT2D eigenvalue weighted by molar-refractivity contribution is -0.127. The molecule has 8 nitrogen and oxygen atoms in total. The average Bonchev–Trinajstić information content (AvgIpc) is 2.69. The number of pyridine rings is 1. The Kier molecular flexibility index (Phi) is 6.23. The average molecular weight is 393 g/mol. The Balaban J connectivity index is 1.64. The Labute approximate surface area is 168 Å². The summed E-state index contributed by atoms with van der Waals surface area (Å²) in [4.78, 5) is 35.5. The van der Waals surface area contributed by atoms with Gasteiger partial charge >= 0.3 is 0 Å². The second kappa shape index (κ2) is 9.01. The van der Waals surface area contributed by atoms with Crippen LogP contribution in [-0.2, 0) is 4.79 Å². The molecule has 0 aliphatic carbocycles. The quantitative estimate of drug-likeness (QED) is 0.640. The molecule has 0 radical (unpaired) electrons. The molecule has 0 aliphatic heterocycles. The summed E-state index contributed by atoms with van der Waals surface area (Å²) in [7, 11) is 1.74. The van der Waals surface area contributed by atoms with Crippen molar-refractivity contribution in [3.8, 4) is 22.8 Å². The topological polar surface area (TPSA) is 100 Å². The van der Waals surface area contributed by atoms with Crippen LogP contribution in [0.25, 0.3) is 11.1 Å². The fourth-order valence-corrected chi connectivity index (χ4v) is 2.71. The summed E-state index contributed by atoms with van der Waals surface area (Å²) in [6, 6.07) is 10.8. The number of hydrogen-bond donors (Lipinski definition) is 2. The molecule has 0 unspecified atom stereocenters. The van der Waals surface area contributed by atoms with E-state index in [0.29, 0.717) is 30.5 Å². The van der Waals surface area contributed by atoms with Gasteiger partial charge in [0.05, 0.1) is 12.4 Å². The maximum Gasteiger partial charge on any atom is 0.248 e. The van der Waals surface area contributed by atoms with Crippen LogP contribution in [0.1, 0.15) is 12.6 Å². The van der Waals surface area contributed by atoms with Gasteiger partial charge < -0.3 is 19.9 Å². The van der Waals surface area contributed by atoms with Crippen LogP contribution in [0.4, 0.5) is 5.82 Å². The van der Waals surface area contributed by atoms with Gasteiger partial charge in [-0.05, 0) is 30.7 Å². The summed E-state index contributed by atoms with van der Waals surface area (Å²) in [6.07, 6.45) is 3.13. The van der Waals surface area contributed by atoms with Crippen molar-refractivity contribution in [3.05, 3.63) is 64.8 Å². The van der Waals surface area contributed by atoms with E-state index >= 15 is 0 Å². The second-order valence-electron chi connectivity index (χ2n) is 6.60. The number of rotatable bonds is 7. The highest BCUT2D eigenvalue weighted by Gasteiger charge is 2.06. The smallest absolute Gasteiger partial charge is 0.248 e. The minimum Gasteiger partial charge on any atom is -0.437 e. The van der Waals surface area contributed by atoms with Crippen LogP contribution in [-0.4, -0.2) is 45.9 Å². The van der Waals surface area contributed by atoms with Gasteiger partial charge in [0.15, 0.2) is 0 Å². The Morgan fingerprint density at radius 1 is 1.17 bits per heavy atom. The van der Waals surface area contributed by atoms with Crippen LogP contribution < -0.4 is 15.6 Å². The largest absolute Gasteiger partial charge is 0.437 e. The minimum absolute atomic E-state index is 0.00969. The standard InChI is InChI=1S/C21H23N5O3/c1-14-18(8-9-20(28)24-14)16-4-6-17(7-5-16)29-21-13-22-12-19(25-21)23-10-11-26(3)15(2)27/h4-9,12-13H,10-11H2,1-3H3,(H,23,25)(H,24,28). The number of nitrogens with zero attached hydrogens (tertiary/aromatic N) is 3. The Morgan fingerprint density at radius 3 is 2.62 bits per heavy atom. The normalized spacial score (nSPS) is 10.4. The molecule has 8 heteroatoms. The highest BCUT2D eigenvalue weighted by molar-refractivity contribution is 5.72. The van der Waals surface area contributed by atoms with Crippen LogP contribution in [0.2, 0.25) is 0 Å². The lowest BCUT2D eigenvalue weighted by Crippen LogP contribution is -2.29. The van der Waals surface area contributed by atoms with E-state index in [0.717, 1.165) is 16.8 Å². The molecule has 0 saturated carbocycles. The number of hydrogen-bond acceptors (Lipinski definition) is 6. The molecule has 0 atom stereocenters. The highest BCUT2D eigenvalue weighted by Crippen LogP contribution is 2.26. The van der Waals surface area contributed by atoms with Crippen molar-refractivity contribution < 1.29 is 9.53 Å². The van der Waals surface area contributed by atoms with E-state index in [1.165, 1.54) is 19.2 Å². The van der Waals surface area contributed by atoms with Gasteiger partial charge in [0.1, 0.15) is 11.6 Å². The molecule has 1 aromatic carbocycles. The van der Waals surface area contributed by atoms with E-state index in [2.05, 4.69) is 20.3 Å². The molecule has 2 heterocycles. The predicted molar refractivity (Wildman–Crippen MR) is 111 cm³/mol. The molecule has 0 aliphatic rings. The van der Waals surface area contributed by atoms with Crippen molar-refractivity contribution in [2.75, 3.05) is 25.5 Å². The third-order valence-corrected chi connectivity index (χ3v) is 4.41. The minimum atomic E-state index is -0.119. The summed E-state index contributed by atoms with van der Waals surface area (Å²) in [5.41, 5.74) is 2.62. The van der Waals surface area contributed by atoms with E-state index in [1.807, 2.05) is 31.2 Å². The fourth-order valence-electron chi connectivity index (χ4n) is 2.71. The first-order valence-electron chi connectivity index (χ1n) is 9.18. The molecule has 0 spiro atoms. The van der Waals surface area contributed by atoms with Crippen LogP contribution in [0, 0.1) is 6.92 Å². The number of aromatic amines is 1. The van der Waals surface area contributed by atoms with Crippen LogP contribution in [0.5, 0.6) is 11.6 Å². The van der Waals surface area contributed by atoms with Crippen LogP contribution in [0.15, 0.2) is 53.6 Å². The number of benzene rings is 1. The number of likely N-dealkylation sites (N-methyl/N-ethyl adjacent to an activating group) is 1. The molecular weight excluding hydrogens is 370 g/mol. The van der Waals surface area contributed by atoms with Crippen molar-refractivity contribution in [1.82, 2.24) is 19.9 Å². The van der Waals surface area contributed by atoms with Crippen LogP contribution >= 0.6 is 0 Å². The molecule has 0 saturated heterocycles. The van der Waals surface area contributed by atoms with E-state index in [4.69, 9.17) is 4.74 Å². The third-order valence-electron chi connectivity index (χ3n) is 4.41. The lowest BCUT2D eigenvalue weighted by Gasteiger charge is -2.15. The Morgan fingerprint density at radius 2 is 1.93 bits per heavy atom. The molecule has 0 fully saturated rings. The SMILES string of the molecule is CC(=O)N(C)CCNc1cncc(Oc2ccc(-c3ccc(=O)[nH]c3C)cc2)n1. The second-order valence-corrected chi connectivity index (χ2v) is 6.60. The van der Waals surface area contributed by atoms with Gasteiger partial charge in [0.25, 0.3) is 0 Å².